The van der Waals surface area contributed by atoms with Crippen LogP contribution in [0.1, 0.15) is 11.1 Å². The Morgan fingerprint density at radius 3 is 2.58 bits per heavy atom. The van der Waals surface area contributed by atoms with Crippen molar-refractivity contribution in [2.24, 2.45) is 5.92 Å². The van der Waals surface area contributed by atoms with E-state index in [4.69, 9.17) is 9.84 Å². The van der Waals surface area contributed by atoms with Crippen molar-refractivity contribution < 1.29 is 93.9 Å². The Bertz CT molecular complexity index is 1050. The number of amides is 2. The summed E-state index contributed by atoms with van der Waals surface area (Å²) in [5, 5.41) is 20.5. The van der Waals surface area contributed by atoms with Crippen LogP contribution in [-0.4, -0.2) is 60.1 Å². The van der Waals surface area contributed by atoms with Crippen LogP contribution in [0.2, 0.25) is 0 Å². The Hall–Kier alpha value is -1.77. The molecular weight excluding hydrogens is 459 g/mol. The SMILES string of the molecule is O=C(O)NCc1cccc(CC(=O)OC[C@@H]2C(=O)N3C(C(=O)[O-])=CCS(=O)(=O)[C@@H]23)c1.[K+]. The number of fused-ring (bicyclic) bond motifs is 1. The minimum Gasteiger partial charge on any atom is -0.543 e. The Morgan fingerprint density at radius 1 is 1.26 bits per heavy atom. The van der Waals surface area contributed by atoms with E-state index in [0.717, 1.165) is 6.08 Å². The molecule has 2 heterocycles. The molecule has 2 amide bonds. The van der Waals surface area contributed by atoms with E-state index in [1.807, 2.05) is 0 Å². The van der Waals surface area contributed by atoms with E-state index in [1.54, 1.807) is 24.3 Å². The third kappa shape index (κ3) is 5.73. The maximum atomic E-state index is 12.2. The van der Waals surface area contributed by atoms with Gasteiger partial charge >= 0.3 is 63.4 Å². The van der Waals surface area contributed by atoms with Crippen LogP contribution >= 0.6 is 0 Å². The molecule has 2 atom stereocenters. The molecular formula is C18H17KN2O9S. The van der Waals surface area contributed by atoms with Gasteiger partial charge in [-0.3, -0.25) is 14.5 Å². The van der Waals surface area contributed by atoms with Gasteiger partial charge in [0.15, 0.2) is 15.2 Å². The molecule has 3 rings (SSSR count). The first-order valence-electron chi connectivity index (χ1n) is 8.76. The van der Waals surface area contributed by atoms with Crippen molar-refractivity contribution in [2.45, 2.75) is 18.3 Å². The fourth-order valence-electron chi connectivity index (χ4n) is 3.35. The molecule has 31 heavy (non-hydrogen) atoms. The summed E-state index contributed by atoms with van der Waals surface area (Å²) in [7, 11) is -3.81. The molecule has 0 spiro atoms. The summed E-state index contributed by atoms with van der Waals surface area (Å²) in [6, 6.07) is 6.54. The molecule has 2 N–H and O–H groups in total. The van der Waals surface area contributed by atoms with Crippen LogP contribution in [0.15, 0.2) is 36.0 Å². The number of β-lactam (4-membered cyclic amide) rings is 1. The van der Waals surface area contributed by atoms with Crippen LogP contribution in [-0.2, 0) is 41.9 Å². The summed E-state index contributed by atoms with van der Waals surface area (Å²) in [5.41, 5.74) is 0.662. The van der Waals surface area contributed by atoms with Gasteiger partial charge in [-0.15, -0.1) is 0 Å². The van der Waals surface area contributed by atoms with Gasteiger partial charge in [0.1, 0.15) is 12.5 Å². The largest absolute Gasteiger partial charge is 1.00 e. The normalized spacial score (nSPS) is 21.0. The molecule has 2 aliphatic heterocycles. The van der Waals surface area contributed by atoms with Crippen LogP contribution in [0, 0.1) is 5.92 Å². The zero-order valence-corrected chi connectivity index (χ0v) is 20.4. The second kappa shape index (κ2) is 10.2. The summed E-state index contributed by atoms with van der Waals surface area (Å²) in [6.07, 6.45) is -0.450. The molecule has 0 bridgehead atoms. The Kier molecular flexibility index (Phi) is 8.41. The molecule has 11 nitrogen and oxygen atoms in total. The molecule has 1 saturated heterocycles. The molecule has 13 heteroatoms. The van der Waals surface area contributed by atoms with Gasteiger partial charge in [-0.25, -0.2) is 13.2 Å². The fourth-order valence-corrected chi connectivity index (χ4v) is 5.17. The van der Waals surface area contributed by atoms with Crippen molar-refractivity contribution in [3.8, 4) is 0 Å². The Labute approximate surface area is 219 Å². The number of carboxylic acids is 1. The number of nitrogens with zero attached hydrogens (tertiary/aromatic N) is 1. The van der Waals surface area contributed by atoms with Crippen LogP contribution in [0.3, 0.4) is 0 Å². The third-order valence-electron chi connectivity index (χ3n) is 4.71. The Balaban J connectivity index is 0.00000341. The number of carbonyl (C=O) groups excluding carboxylic acids is 3. The smallest absolute Gasteiger partial charge is 0.543 e. The molecule has 0 aromatic heterocycles. The van der Waals surface area contributed by atoms with Gasteiger partial charge in [0, 0.05) is 6.54 Å². The minimum atomic E-state index is -3.81. The first kappa shape index (κ1) is 25.5. The van der Waals surface area contributed by atoms with Crippen molar-refractivity contribution in [1.82, 2.24) is 10.2 Å². The number of hydrogen-bond acceptors (Lipinski definition) is 8. The maximum absolute atomic E-state index is 12.2. The van der Waals surface area contributed by atoms with E-state index in [9.17, 15) is 32.7 Å². The van der Waals surface area contributed by atoms with Crippen LogP contribution in [0.25, 0.3) is 0 Å². The fraction of sp³-hybridized carbons (Fsp3) is 0.333. The zero-order chi connectivity index (χ0) is 22.1. The van der Waals surface area contributed by atoms with E-state index >= 15 is 0 Å². The number of rotatable bonds is 7. The molecule has 0 saturated carbocycles. The number of benzene rings is 1. The van der Waals surface area contributed by atoms with E-state index in [2.05, 4.69) is 5.32 Å². The number of aliphatic carboxylic acids is 1. The van der Waals surface area contributed by atoms with E-state index in [-0.39, 0.29) is 64.4 Å². The third-order valence-corrected chi connectivity index (χ3v) is 6.61. The molecule has 1 fully saturated rings. The number of esters is 1. The number of ether oxygens (including phenoxy) is 1. The number of hydrogen-bond donors (Lipinski definition) is 2. The number of carboxylic acid groups (broad SMARTS) is 2. The van der Waals surface area contributed by atoms with Crippen molar-refractivity contribution in [3.05, 3.63) is 47.2 Å². The summed E-state index contributed by atoms with van der Waals surface area (Å²) < 4.78 is 29.5. The summed E-state index contributed by atoms with van der Waals surface area (Å²) >= 11 is 0. The monoisotopic (exact) mass is 476 g/mol. The maximum Gasteiger partial charge on any atom is 1.00 e. The summed E-state index contributed by atoms with van der Waals surface area (Å²) in [6.45, 7) is -0.447. The van der Waals surface area contributed by atoms with Crippen LogP contribution < -0.4 is 61.8 Å². The molecule has 0 aliphatic carbocycles. The van der Waals surface area contributed by atoms with Gasteiger partial charge in [-0.05, 0) is 17.2 Å². The van der Waals surface area contributed by atoms with Crippen LogP contribution in [0.5, 0.6) is 0 Å². The van der Waals surface area contributed by atoms with Gasteiger partial charge < -0.3 is 25.1 Å². The zero-order valence-electron chi connectivity index (χ0n) is 16.4. The average molecular weight is 477 g/mol. The van der Waals surface area contributed by atoms with Gasteiger partial charge in [0.05, 0.1) is 23.8 Å². The molecule has 1 aromatic rings. The molecule has 1 aromatic carbocycles. The van der Waals surface area contributed by atoms with Crippen molar-refractivity contribution >= 4 is 33.8 Å². The van der Waals surface area contributed by atoms with Crippen LogP contribution in [0.4, 0.5) is 4.79 Å². The molecule has 0 radical (unpaired) electrons. The quantitative estimate of drug-likeness (QED) is 0.223. The first-order valence-corrected chi connectivity index (χ1v) is 10.5. The number of nitrogens with one attached hydrogen (secondary N) is 1. The number of carbonyl (C=O) groups is 4. The predicted molar refractivity (Wildman–Crippen MR) is 97.0 cm³/mol. The second-order valence-electron chi connectivity index (χ2n) is 6.75. The van der Waals surface area contributed by atoms with E-state index < -0.39 is 63.1 Å². The Morgan fingerprint density at radius 2 is 1.94 bits per heavy atom. The van der Waals surface area contributed by atoms with Gasteiger partial charge in [0.2, 0.25) is 5.91 Å². The van der Waals surface area contributed by atoms with Gasteiger partial charge in [-0.2, -0.15) is 0 Å². The second-order valence-corrected chi connectivity index (χ2v) is 8.89. The van der Waals surface area contributed by atoms with E-state index in [0.29, 0.717) is 16.0 Å². The predicted octanol–water partition coefficient (Wildman–Crippen LogP) is -4.61. The van der Waals surface area contributed by atoms with E-state index in [1.165, 1.54) is 0 Å². The average Bonchev–Trinajstić information content (AvgIpc) is 2.66. The minimum absolute atomic E-state index is 0. The summed E-state index contributed by atoms with van der Waals surface area (Å²) in [4.78, 5) is 46.6. The topological polar surface area (TPSA) is 170 Å². The van der Waals surface area contributed by atoms with Gasteiger partial charge in [0.25, 0.3) is 0 Å². The first-order chi connectivity index (χ1) is 14.1. The number of sulfone groups is 1. The molecule has 0 unspecified atom stereocenters. The van der Waals surface area contributed by atoms with Crippen molar-refractivity contribution in [2.75, 3.05) is 12.4 Å². The molecule has 160 valence electrons. The van der Waals surface area contributed by atoms with Crippen molar-refractivity contribution in [1.29, 1.82) is 0 Å². The van der Waals surface area contributed by atoms with Gasteiger partial charge in [-0.1, -0.05) is 24.3 Å². The standard InChI is InChI=1S/C18H18N2O9S.K/c21-14(7-10-2-1-3-11(6-10)8-19-18(25)26)29-9-12-15(22)20-13(17(23)24)4-5-30(27,28)16(12)20;/h1-4,6,12,16,19H,5,7-9H2,(H,23,24)(H,25,26);/q;+1/p-1/t12-,16+;/m1./s1. The summed E-state index contributed by atoms with van der Waals surface area (Å²) in [5.74, 6) is -4.88. The molecule has 2 aliphatic rings. The van der Waals surface area contributed by atoms with Crippen molar-refractivity contribution in [3.63, 3.8) is 0 Å².